The minimum Gasteiger partial charge on any atom is -0.378 e. The van der Waals surface area contributed by atoms with Gasteiger partial charge in [-0.1, -0.05) is 69.2 Å². The van der Waals surface area contributed by atoms with Gasteiger partial charge in [-0.2, -0.15) is 0 Å². The Morgan fingerprint density at radius 1 is 0.478 bits per heavy atom. The lowest BCUT2D eigenvalue weighted by molar-refractivity contribution is -0.148. The first-order valence-corrected chi connectivity index (χ1v) is 17.3. The van der Waals surface area contributed by atoms with Crippen molar-refractivity contribution in [2.24, 2.45) is 29.1 Å². The Morgan fingerprint density at radius 3 is 1.17 bits per heavy atom. The molecule has 0 amide bonds. The van der Waals surface area contributed by atoms with Crippen LogP contribution in [0.1, 0.15) is 145 Å². The molecule has 0 bridgehead atoms. The molecule has 0 fully saturated rings. The Bertz CT molecular complexity index is 819. The van der Waals surface area contributed by atoms with E-state index in [9.17, 15) is 19.2 Å². The van der Waals surface area contributed by atoms with Crippen molar-refractivity contribution in [3.05, 3.63) is 0 Å². The average molecular weight is 661 g/mol. The molecule has 0 saturated heterocycles. The van der Waals surface area contributed by atoms with E-state index in [4.69, 9.17) is 18.9 Å². The summed E-state index contributed by atoms with van der Waals surface area (Å²) in [6.07, 6.45) is 1.23. The number of ether oxygens (including phenoxy) is 4. The molecule has 276 valence electrons. The molecule has 0 aliphatic carbocycles. The normalized spacial score (nSPS) is 11.9. The van der Waals surface area contributed by atoms with Crippen molar-refractivity contribution in [3.8, 4) is 0 Å². The Morgan fingerprint density at radius 2 is 0.870 bits per heavy atom. The van der Waals surface area contributed by atoms with Crippen molar-refractivity contribution >= 4 is 23.1 Å². The van der Waals surface area contributed by atoms with Gasteiger partial charge in [0, 0.05) is 35.5 Å². The van der Waals surface area contributed by atoms with Crippen LogP contribution in [-0.2, 0) is 38.1 Å². The van der Waals surface area contributed by atoms with Crippen LogP contribution in [0, 0.1) is 29.1 Å². The molecule has 0 aromatic rings. The number of Topliss-reactive ketones (excluding diaryl/α,β-unsaturated/α-hetero) is 4. The summed E-state index contributed by atoms with van der Waals surface area (Å²) in [6.45, 7) is 39.8. The number of hydrogen-bond donors (Lipinski definition) is 0. The fourth-order valence-electron chi connectivity index (χ4n) is 3.67. The zero-order valence-corrected chi connectivity index (χ0v) is 33.7. The van der Waals surface area contributed by atoms with Gasteiger partial charge in [-0.15, -0.1) is 0 Å². The SMILES string of the molecule is CC(C)OC(C)(C)C(=O)C(C)C.CC(C)OCC(=O)C(C)C.CC(C)OCC(C)(C)C(=O)C(C)C.CC(C)OCCC(=O)C(C)C. The average Bonchev–Trinajstić information content (AvgIpc) is 2.89. The van der Waals surface area contributed by atoms with Crippen LogP contribution in [0.2, 0.25) is 0 Å². The molecule has 0 spiro atoms. The van der Waals surface area contributed by atoms with E-state index in [1.54, 1.807) is 0 Å². The number of hydrogen-bond acceptors (Lipinski definition) is 8. The first-order chi connectivity index (χ1) is 20.6. The molecule has 0 heterocycles. The highest BCUT2D eigenvalue weighted by molar-refractivity contribution is 5.88. The summed E-state index contributed by atoms with van der Waals surface area (Å²) in [4.78, 5) is 45.2. The lowest BCUT2D eigenvalue weighted by Crippen LogP contribution is -2.39. The summed E-state index contributed by atoms with van der Waals surface area (Å²) in [6, 6.07) is 0. The summed E-state index contributed by atoms with van der Waals surface area (Å²) in [5.41, 5.74) is -0.985. The summed E-state index contributed by atoms with van der Waals surface area (Å²) in [5.74, 6) is 1.26. The molecule has 8 nitrogen and oxygen atoms in total. The second kappa shape index (κ2) is 26.5. The topological polar surface area (TPSA) is 105 Å². The number of ketones is 4. The molecule has 0 atom stereocenters. The molecule has 0 aliphatic rings. The summed E-state index contributed by atoms with van der Waals surface area (Å²) in [7, 11) is 0. The van der Waals surface area contributed by atoms with Crippen LogP contribution in [0.4, 0.5) is 0 Å². The monoisotopic (exact) mass is 661 g/mol. The van der Waals surface area contributed by atoms with Crippen molar-refractivity contribution < 1.29 is 38.1 Å². The van der Waals surface area contributed by atoms with Crippen LogP contribution in [0.15, 0.2) is 0 Å². The van der Waals surface area contributed by atoms with Crippen LogP contribution >= 0.6 is 0 Å². The third-order valence-electron chi connectivity index (χ3n) is 6.26. The van der Waals surface area contributed by atoms with Crippen molar-refractivity contribution in [1.29, 1.82) is 0 Å². The highest BCUT2D eigenvalue weighted by Gasteiger charge is 2.31. The number of rotatable bonds is 18. The van der Waals surface area contributed by atoms with E-state index in [0.717, 1.165) is 0 Å². The Kier molecular flexibility index (Phi) is 29.6. The van der Waals surface area contributed by atoms with E-state index in [-0.39, 0.29) is 83.2 Å². The third-order valence-corrected chi connectivity index (χ3v) is 6.26. The van der Waals surface area contributed by atoms with Crippen LogP contribution in [0.5, 0.6) is 0 Å². The molecule has 46 heavy (non-hydrogen) atoms. The van der Waals surface area contributed by atoms with Crippen LogP contribution in [-0.4, -0.2) is 73.0 Å². The van der Waals surface area contributed by atoms with Crippen LogP contribution in [0.3, 0.4) is 0 Å². The highest BCUT2D eigenvalue weighted by atomic mass is 16.5. The molecule has 0 saturated carbocycles. The van der Waals surface area contributed by atoms with E-state index in [2.05, 4.69) is 0 Å². The summed E-state index contributed by atoms with van der Waals surface area (Å²) in [5, 5.41) is 0. The molecule has 0 rings (SSSR count). The van der Waals surface area contributed by atoms with Gasteiger partial charge in [0.1, 0.15) is 23.8 Å². The van der Waals surface area contributed by atoms with Gasteiger partial charge in [-0.05, 0) is 69.2 Å². The minimum atomic E-state index is -0.637. The molecule has 0 aromatic heterocycles. The summed E-state index contributed by atoms with van der Waals surface area (Å²) < 4.78 is 21.3. The predicted octanol–water partition coefficient (Wildman–Crippen LogP) is 8.74. The Balaban J connectivity index is -0.000000257. The summed E-state index contributed by atoms with van der Waals surface area (Å²) >= 11 is 0. The van der Waals surface area contributed by atoms with Gasteiger partial charge in [-0.3, -0.25) is 19.2 Å². The second-order valence-electron chi connectivity index (χ2n) is 15.2. The zero-order valence-electron chi connectivity index (χ0n) is 33.7. The molecule has 0 unspecified atom stereocenters. The maximum atomic E-state index is 11.7. The van der Waals surface area contributed by atoms with Crippen LogP contribution in [0.25, 0.3) is 0 Å². The second-order valence-corrected chi connectivity index (χ2v) is 15.2. The molecule has 0 aromatic carbocycles. The van der Waals surface area contributed by atoms with E-state index < -0.39 is 5.60 Å². The molecular formula is C38H76O8. The van der Waals surface area contributed by atoms with Gasteiger partial charge in [0.05, 0.1) is 37.6 Å². The molecule has 8 heteroatoms. The Hall–Kier alpha value is -1.48. The van der Waals surface area contributed by atoms with Gasteiger partial charge in [0.25, 0.3) is 0 Å². The largest absolute Gasteiger partial charge is 0.378 e. The van der Waals surface area contributed by atoms with Crippen molar-refractivity contribution in [1.82, 2.24) is 0 Å². The molecule has 0 aliphatic heterocycles. The number of carbonyl (C=O) groups is 4. The van der Waals surface area contributed by atoms with Gasteiger partial charge in [-0.25, -0.2) is 0 Å². The van der Waals surface area contributed by atoms with E-state index >= 15 is 0 Å². The molecule has 0 radical (unpaired) electrons. The smallest absolute Gasteiger partial charge is 0.166 e. The predicted molar refractivity (Wildman–Crippen MR) is 191 cm³/mol. The number of carbonyl (C=O) groups excluding carboxylic acids is 4. The van der Waals surface area contributed by atoms with Crippen molar-refractivity contribution in [3.63, 3.8) is 0 Å². The first kappa shape index (κ1) is 51.4. The lowest BCUT2D eigenvalue weighted by atomic mass is 9.83. The third kappa shape index (κ3) is 31.1. The van der Waals surface area contributed by atoms with E-state index in [0.29, 0.717) is 19.6 Å². The van der Waals surface area contributed by atoms with Gasteiger partial charge in [0.2, 0.25) is 0 Å². The van der Waals surface area contributed by atoms with E-state index in [1.807, 2.05) is 138 Å². The quantitative estimate of drug-likeness (QED) is 0.144. The van der Waals surface area contributed by atoms with Gasteiger partial charge in [0.15, 0.2) is 11.6 Å². The Labute approximate surface area is 284 Å². The first-order valence-electron chi connectivity index (χ1n) is 17.3. The standard InChI is InChI=1S/C11H22O2.C10H20O2.C9H18O2.C8H16O2/c1-8(2)10(12)11(5,6)7-13-9(3)4;1-7(2)9(11)10(5,6)12-8(3)4;1-7(2)9(10)5-6-11-8(3)4;1-6(2)8(9)5-10-7(3)4/h8-9H,7H2,1-6H3;7-8H,1-6H3;7-8H,5-6H2,1-4H3;6-7H,5H2,1-4H3. The van der Waals surface area contributed by atoms with Gasteiger partial charge < -0.3 is 18.9 Å². The lowest BCUT2D eigenvalue weighted by Gasteiger charge is -2.27. The van der Waals surface area contributed by atoms with Crippen molar-refractivity contribution in [2.75, 3.05) is 19.8 Å². The maximum Gasteiger partial charge on any atom is 0.166 e. The molecular weight excluding hydrogens is 584 g/mol. The van der Waals surface area contributed by atoms with Crippen molar-refractivity contribution in [2.45, 2.75) is 175 Å². The van der Waals surface area contributed by atoms with E-state index in [1.165, 1.54) is 0 Å². The zero-order chi connectivity index (χ0) is 37.6. The highest BCUT2D eigenvalue weighted by Crippen LogP contribution is 2.22. The van der Waals surface area contributed by atoms with Crippen LogP contribution < -0.4 is 0 Å². The maximum absolute atomic E-state index is 11.7. The fourth-order valence-corrected chi connectivity index (χ4v) is 3.67. The minimum absolute atomic E-state index is 0.0405. The van der Waals surface area contributed by atoms with Gasteiger partial charge >= 0.3 is 0 Å². The fraction of sp³-hybridized carbons (Fsp3) is 0.895. The molecule has 0 N–H and O–H groups in total.